The maximum absolute atomic E-state index is 10.1. The van der Waals surface area contributed by atoms with Gasteiger partial charge in [-0.1, -0.05) is 11.6 Å². The zero-order chi connectivity index (χ0) is 13.6. The standard InChI is InChI=1S/C10H11ClN4O3S/c11-8-5-9(13-2-12-8)15(3-14-5)10-7(18)6(17)4(1-16)19-10/h2-4,6-7,10,16-18H,1H2/t4-,6-,7+,10-/m1/s1. The first kappa shape index (κ1) is 13.1. The first-order valence-electron chi connectivity index (χ1n) is 5.59. The van der Waals surface area contributed by atoms with Gasteiger partial charge in [0, 0.05) is 0 Å². The Labute approximate surface area is 117 Å². The van der Waals surface area contributed by atoms with Gasteiger partial charge in [0.1, 0.15) is 23.3 Å². The first-order chi connectivity index (χ1) is 9.13. The Morgan fingerprint density at radius 2 is 2.05 bits per heavy atom. The number of hydrogen-bond donors (Lipinski definition) is 3. The zero-order valence-corrected chi connectivity index (χ0v) is 11.2. The summed E-state index contributed by atoms with van der Waals surface area (Å²) in [6.45, 7) is -0.207. The summed E-state index contributed by atoms with van der Waals surface area (Å²) in [5, 5.41) is 28.4. The number of rotatable bonds is 2. The molecule has 102 valence electrons. The van der Waals surface area contributed by atoms with Gasteiger partial charge in [-0.2, -0.15) is 0 Å². The van der Waals surface area contributed by atoms with Crippen LogP contribution in [0.25, 0.3) is 11.2 Å². The molecule has 1 aliphatic rings. The summed E-state index contributed by atoms with van der Waals surface area (Å²) in [6, 6.07) is 0. The van der Waals surface area contributed by atoms with Crippen LogP contribution in [0.1, 0.15) is 5.37 Å². The van der Waals surface area contributed by atoms with E-state index in [1.54, 1.807) is 4.57 Å². The highest BCUT2D eigenvalue weighted by molar-refractivity contribution is 8.00. The van der Waals surface area contributed by atoms with E-state index >= 15 is 0 Å². The van der Waals surface area contributed by atoms with Gasteiger partial charge in [0.15, 0.2) is 10.8 Å². The molecule has 0 amide bonds. The predicted molar refractivity (Wildman–Crippen MR) is 69.8 cm³/mol. The number of imidazole rings is 1. The van der Waals surface area contributed by atoms with Gasteiger partial charge in [0.25, 0.3) is 0 Å². The van der Waals surface area contributed by atoms with Crippen LogP contribution in [0.4, 0.5) is 0 Å². The van der Waals surface area contributed by atoms with Crippen molar-refractivity contribution < 1.29 is 15.3 Å². The number of aliphatic hydroxyl groups is 3. The Morgan fingerprint density at radius 1 is 1.26 bits per heavy atom. The third kappa shape index (κ3) is 2.00. The minimum Gasteiger partial charge on any atom is -0.395 e. The number of nitrogens with zero attached hydrogens (tertiary/aromatic N) is 4. The van der Waals surface area contributed by atoms with Crippen molar-refractivity contribution in [2.75, 3.05) is 6.61 Å². The van der Waals surface area contributed by atoms with E-state index < -0.39 is 22.8 Å². The largest absolute Gasteiger partial charge is 0.395 e. The second-order valence-corrected chi connectivity index (χ2v) is 5.94. The summed E-state index contributed by atoms with van der Waals surface area (Å²) in [5.41, 5.74) is 0.932. The predicted octanol–water partition coefficient (Wildman–Crippen LogP) is -0.192. The molecule has 1 saturated heterocycles. The number of hydrogen-bond acceptors (Lipinski definition) is 7. The highest BCUT2D eigenvalue weighted by atomic mass is 35.5. The SMILES string of the molecule is OC[C@H]1S[C@@H](n2cnc3c(Cl)ncnc32)[C@@H](O)[C@@H]1O. The smallest absolute Gasteiger partial charge is 0.165 e. The molecule has 1 aliphatic heterocycles. The lowest BCUT2D eigenvalue weighted by Crippen LogP contribution is -2.32. The molecule has 0 aliphatic carbocycles. The quantitative estimate of drug-likeness (QED) is 0.660. The molecule has 0 unspecified atom stereocenters. The summed E-state index contributed by atoms with van der Waals surface area (Å²) in [6.07, 6.45) is 0.816. The Bertz CT molecular complexity index is 609. The molecule has 9 heteroatoms. The molecule has 3 rings (SSSR count). The molecular formula is C10H11ClN4O3S. The summed E-state index contributed by atoms with van der Waals surface area (Å²) in [4.78, 5) is 12.0. The Hall–Kier alpha value is -0.930. The molecule has 0 bridgehead atoms. The third-order valence-corrected chi connectivity index (χ3v) is 4.94. The summed E-state index contributed by atoms with van der Waals surface area (Å²) < 4.78 is 1.64. The molecule has 2 aromatic rings. The molecule has 0 spiro atoms. The average Bonchev–Trinajstić information content (AvgIpc) is 2.94. The van der Waals surface area contributed by atoms with Gasteiger partial charge >= 0.3 is 0 Å². The van der Waals surface area contributed by atoms with E-state index in [-0.39, 0.29) is 11.8 Å². The molecule has 0 radical (unpaired) electrons. The molecule has 0 aromatic carbocycles. The zero-order valence-electron chi connectivity index (χ0n) is 9.59. The minimum atomic E-state index is -1.01. The van der Waals surface area contributed by atoms with Gasteiger partial charge in [-0.05, 0) is 0 Å². The molecule has 3 heterocycles. The second-order valence-electron chi connectivity index (χ2n) is 4.22. The molecule has 2 aromatic heterocycles. The summed E-state index contributed by atoms with van der Waals surface area (Å²) in [5.74, 6) is 0. The van der Waals surface area contributed by atoms with E-state index in [0.29, 0.717) is 11.2 Å². The van der Waals surface area contributed by atoms with Crippen molar-refractivity contribution in [2.24, 2.45) is 0 Å². The number of thioether (sulfide) groups is 1. The Morgan fingerprint density at radius 3 is 2.74 bits per heavy atom. The fourth-order valence-corrected chi connectivity index (χ4v) is 3.67. The van der Waals surface area contributed by atoms with Crippen LogP contribution >= 0.6 is 23.4 Å². The minimum absolute atomic E-state index is 0.207. The monoisotopic (exact) mass is 302 g/mol. The lowest BCUT2D eigenvalue weighted by atomic mass is 10.1. The molecule has 7 nitrogen and oxygen atoms in total. The van der Waals surface area contributed by atoms with Crippen molar-refractivity contribution in [3.8, 4) is 0 Å². The van der Waals surface area contributed by atoms with Gasteiger partial charge in [-0.15, -0.1) is 11.8 Å². The summed E-state index contributed by atoms with van der Waals surface area (Å²) >= 11 is 7.19. The molecule has 3 N–H and O–H groups in total. The van der Waals surface area contributed by atoms with Crippen molar-refractivity contribution in [3.05, 3.63) is 17.8 Å². The van der Waals surface area contributed by atoms with Crippen LogP contribution in [-0.4, -0.2) is 58.9 Å². The lowest BCUT2D eigenvalue weighted by Gasteiger charge is -2.16. The van der Waals surface area contributed by atoms with E-state index in [1.807, 2.05) is 0 Å². The highest BCUT2D eigenvalue weighted by Gasteiger charge is 2.43. The maximum Gasteiger partial charge on any atom is 0.165 e. The number of halogens is 1. The Balaban J connectivity index is 2.04. The van der Waals surface area contributed by atoms with Gasteiger partial charge < -0.3 is 15.3 Å². The Kier molecular flexibility index (Phi) is 3.35. The summed E-state index contributed by atoms with van der Waals surface area (Å²) in [7, 11) is 0. The van der Waals surface area contributed by atoms with E-state index in [4.69, 9.17) is 16.7 Å². The van der Waals surface area contributed by atoms with Crippen LogP contribution < -0.4 is 0 Å². The number of aromatic nitrogens is 4. The van der Waals surface area contributed by atoms with E-state index in [1.165, 1.54) is 24.4 Å². The molecule has 1 fully saturated rings. The van der Waals surface area contributed by atoms with Gasteiger partial charge in [0.05, 0.1) is 24.3 Å². The molecular weight excluding hydrogens is 292 g/mol. The van der Waals surface area contributed by atoms with Crippen molar-refractivity contribution in [2.45, 2.75) is 22.8 Å². The van der Waals surface area contributed by atoms with Gasteiger partial charge in [0.2, 0.25) is 0 Å². The molecule has 0 saturated carbocycles. The van der Waals surface area contributed by atoms with Crippen LogP contribution in [0.3, 0.4) is 0 Å². The van der Waals surface area contributed by atoms with E-state index in [9.17, 15) is 10.2 Å². The van der Waals surface area contributed by atoms with E-state index in [2.05, 4.69) is 15.0 Å². The molecule has 4 atom stereocenters. The molecule has 19 heavy (non-hydrogen) atoms. The van der Waals surface area contributed by atoms with Gasteiger partial charge in [-0.25, -0.2) is 15.0 Å². The van der Waals surface area contributed by atoms with Crippen molar-refractivity contribution in [1.82, 2.24) is 19.5 Å². The maximum atomic E-state index is 10.1. The fourth-order valence-electron chi connectivity index (χ4n) is 2.12. The third-order valence-electron chi connectivity index (χ3n) is 3.11. The van der Waals surface area contributed by atoms with Crippen LogP contribution in [0, 0.1) is 0 Å². The van der Waals surface area contributed by atoms with Crippen molar-refractivity contribution in [3.63, 3.8) is 0 Å². The van der Waals surface area contributed by atoms with Crippen molar-refractivity contribution >= 4 is 34.5 Å². The van der Waals surface area contributed by atoms with Crippen LogP contribution in [0.15, 0.2) is 12.7 Å². The van der Waals surface area contributed by atoms with Crippen LogP contribution in [0.2, 0.25) is 5.15 Å². The number of aliphatic hydroxyl groups excluding tert-OH is 3. The number of fused-ring (bicyclic) bond motifs is 1. The van der Waals surface area contributed by atoms with Crippen molar-refractivity contribution in [1.29, 1.82) is 0 Å². The van der Waals surface area contributed by atoms with Gasteiger partial charge in [-0.3, -0.25) is 4.57 Å². The second kappa shape index (κ2) is 4.88. The lowest BCUT2D eigenvalue weighted by molar-refractivity contribution is 0.0113. The topological polar surface area (TPSA) is 104 Å². The normalized spacial score (nSPS) is 31.2. The highest BCUT2D eigenvalue weighted by Crippen LogP contribution is 2.42. The van der Waals surface area contributed by atoms with E-state index in [0.717, 1.165) is 0 Å². The first-order valence-corrected chi connectivity index (χ1v) is 6.91. The average molecular weight is 303 g/mol. The van der Waals surface area contributed by atoms with Crippen LogP contribution in [-0.2, 0) is 0 Å². The van der Waals surface area contributed by atoms with Crippen LogP contribution in [0.5, 0.6) is 0 Å². The fraction of sp³-hybridized carbons (Fsp3) is 0.500.